The number of fused-ring (bicyclic) bond motifs is 5. The average Bonchev–Trinajstić information content (AvgIpc) is 2.74. The van der Waals surface area contributed by atoms with E-state index in [-0.39, 0.29) is 30.5 Å². The maximum atomic E-state index is 13.4. The lowest BCUT2D eigenvalue weighted by Gasteiger charge is -2.52. The van der Waals surface area contributed by atoms with Crippen molar-refractivity contribution in [3.63, 3.8) is 0 Å². The first kappa shape index (κ1) is 19.3. The summed E-state index contributed by atoms with van der Waals surface area (Å²) >= 11 is 0. The van der Waals surface area contributed by atoms with Gasteiger partial charge < -0.3 is 15.4 Å². The highest BCUT2D eigenvalue weighted by atomic mass is 16.5. The first-order chi connectivity index (χ1) is 14.9. The first-order valence-corrected chi connectivity index (χ1v) is 10.2. The van der Waals surface area contributed by atoms with Gasteiger partial charge in [-0.05, 0) is 30.7 Å². The molecule has 2 N–H and O–H groups in total. The molecule has 1 aromatic heterocycles. The maximum absolute atomic E-state index is 13.4. The van der Waals surface area contributed by atoms with Crippen molar-refractivity contribution in [1.82, 2.24) is 14.5 Å². The van der Waals surface area contributed by atoms with Gasteiger partial charge in [0.05, 0.1) is 17.2 Å². The van der Waals surface area contributed by atoms with Crippen LogP contribution in [-0.4, -0.2) is 38.5 Å². The molecule has 0 spiro atoms. The van der Waals surface area contributed by atoms with E-state index in [4.69, 9.17) is 10.5 Å². The average molecular weight is 418 g/mol. The molecule has 2 aliphatic rings. The number of amides is 2. The molecule has 3 aromatic rings. The van der Waals surface area contributed by atoms with Gasteiger partial charge in [0.25, 0.3) is 5.56 Å². The van der Waals surface area contributed by atoms with E-state index >= 15 is 0 Å². The number of para-hydroxylation sites is 2. The Labute approximate surface area is 178 Å². The van der Waals surface area contributed by atoms with Crippen molar-refractivity contribution in [1.29, 1.82) is 0 Å². The van der Waals surface area contributed by atoms with Crippen molar-refractivity contribution in [2.75, 3.05) is 6.54 Å². The molecule has 0 unspecified atom stereocenters. The molecule has 0 saturated carbocycles. The van der Waals surface area contributed by atoms with Gasteiger partial charge in [0.2, 0.25) is 11.8 Å². The van der Waals surface area contributed by atoms with Gasteiger partial charge in [0, 0.05) is 25.4 Å². The number of nitrogens with two attached hydrogens (primary N) is 1. The van der Waals surface area contributed by atoms with Crippen LogP contribution in [-0.2, 0) is 16.1 Å². The molecule has 31 heavy (non-hydrogen) atoms. The van der Waals surface area contributed by atoms with E-state index in [1.165, 1.54) is 15.8 Å². The summed E-state index contributed by atoms with van der Waals surface area (Å²) in [5.41, 5.74) is 5.99. The van der Waals surface area contributed by atoms with Crippen LogP contribution in [0.25, 0.3) is 10.9 Å². The molecule has 8 nitrogen and oxygen atoms in total. The summed E-state index contributed by atoms with van der Waals surface area (Å²) in [6, 6.07) is 14.5. The Balaban J connectivity index is 1.50. The molecule has 0 radical (unpaired) electrons. The van der Waals surface area contributed by atoms with Crippen LogP contribution in [0, 0.1) is 5.92 Å². The number of hydrogen-bond donors (Lipinski definition) is 1. The number of benzene rings is 2. The lowest BCUT2D eigenvalue weighted by molar-refractivity contribution is -0.175. The normalized spacial score (nSPS) is 24.5. The van der Waals surface area contributed by atoms with E-state index in [1.54, 1.807) is 18.2 Å². The van der Waals surface area contributed by atoms with Crippen LogP contribution in [0.2, 0.25) is 0 Å². The second-order valence-corrected chi connectivity index (χ2v) is 8.26. The standard InChI is InChI=1S/C23H22N4O4/c1-23-12-16(14-6-3-5-9-18(14)31-23)19(20(24)28)22(30)27(23)11-10-26-13-25-17-8-4-2-7-15(17)21(26)29/h2-9,13,16,19H,10-12H2,1H3,(H2,24,28)/t16-,19-,23-/m0/s1. The highest BCUT2D eigenvalue weighted by Crippen LogP contribution is 2.49. The van der Waals surface area contributed by atoms with Crippen molar-refractivity contribution in [2.24, 2.45) is 11.7 Å². The van der Waals surface area contributed by atoms with Crippen LogP contribution in [0.4, 0.5) is 0 Å². The molecule has 2 aromatic carbocycles. The van der Waals surface area contributed by atoms with Crippen LogP contribution in [0.15, 0.2) is 59.7 Å². The zero-order valence-corrected chi connectivity index (χ0v) is 17.0. The summed E-state index contributed by atoms with van der Waals surface area (Å²) in [5, 5.41) is 0.513. The van der Waals surface area contributed by atoms with Crippen LogP contribution in [0.1, 0.15) is 24.8 Å². The predicted molar refractivity (Wildman–Crippen MR) is 113 cm³/mol. The lowest BCUT2D eigenvalue weighted by atomic mass is 9.73. The van der Waals surface area contributed by atoms with Gasteiger partial charge >= 0.3 is 0 Å². The van der Waals surface area contributed by atoms with Crippen LogP contribution < -0.4 is 16.0 Å². The molecule has 0 aliphatic carbocycles. The van der Waals surface area contributed by atoms with E-state index in [0.29, 0.717) is 23.1 Å². The summed E-state index contributed by atoms with van der Waals surface area (Å²) in [7, 11) is 0. The molecule has 158 valence electrons. The second-order valence-electron chi connectivity index (χ2n) is 8.26. The fraction of sp³-hybridized carbons (Fsp3) is 0.304. The largest absolute Gasteiger partial charge is 0.468 e. The minimum Gasteiger partial charge on any atom is -0.468 e. The molecule has 1 fully saturated rings. The van der Waals surface area contributed by atoms with Crippen molar-refractivity contribution in [3.05, 3.63) is 70.8 Å². The Morgan fingerprint density at radius 3 is 2.71 bits per heavy atom. The molecule has 8 heteroatoms. The number of aromatic nitrogens is 2. The predicted octanol–water partition coefficient (Wildman–Crippen LogP) is 1.62. The summed E-state index contributed by atoms with van der Waals surface area (Å²) < 4.78 is 7.71. The summed E-state index contributed by atoms with van der Waals surface area (Å²) in [6.07, 6.45) is 1.93. The quantitative estimate of drug-likeness (QED) is 0.648. The SMILES string of the molecule is C[C@@]12C[C@@H](c3ccccc3O1)[C@@H](C(N)=O)C(=O)N2CCn1cnc2ccccc2c1=O. The van der Waals surface area contributed by atoms with E-state index in [9.17, 15) is 14.4 Å². The Bertz CT molecular complexity index is 1270. The smallest absolute Gasteiger partial charge is 0.261 e. The third kappa shape index (κ3) is 2.98. The minimum absolute atomic E-state index is 0.181. The fourth-order valence-corrected chi connectivity index (χ4v) is 4.85. The van der Waals surface area contributed by atoms with Gasteiger partial charge in [0.15, 0.2) is 5.72 Å². The molecule has 1 saturated heterocycles. The van der Waals surface area contributed by atoms with Gasteiger partial charge in [-0.2, -0.15) is 0 Å². The van der Waals surface area contributed by atoms with E-state index in [1.807, 2.05) is 37.3 Å². The van der Waals surface area contributed by atoms with Crippen LogP contribution >= 0.6 is 0 Å². The second kappa shape index (κ2) is 6.94. The van der Waals surface area contributed by atoms with E-state index in [0.717, 1.165) is 5.56 Å². The fourth-order valence-electron chi connectivity index (χ4n) is 4.85. The van der Waals surface area contributed by atoms with Gasteiger partial charge in [-0.3, -0.25) is 19.0 Å². The molecule has 2 amide bonds. The number of ether oxygens (including phenoxy) is 1. The topological polar surface area (TPSA) is 108 Å². The lowest BCUT2D eigenvalue weighted by Crippen LogP contribution is -2.65. The number of carbonyl (C=O) groups excluding carboxylic acids is 2. The number of likely N-dealkylation sites (tertiary alicyclic amines) is 1. The third-order valence-electron chi connectivity index (χ3n) is 6.35. The highest BCUT2D eigenvalue weighted by molar-refractivity contribution is 6.01. The minimum atomic E-state index is -0.968. The zero-order valence-electron chi connectivity index (χ0n) is 17.0. The van der Waals surface area contributed by atoms with E-state index in [2.05, 4.69) is 4.98 Å². The molecule has 2 bridgehead atoms. The molecule has 5 rings (SSSR count). The molecular weight excluding hydrogens is 396 g/mol. The van der Waals surface area contributed by atoms with Crippen molar-refractivity contribution in [3.8, 4) is 5.75 Å². The van der Waals surface area contributed by atoms with Crippen molar-refractivity contribution in [2.45, 2.75) is 31.5 Å². The Morgan fingerprint density at radius 2 is 1.90 bits per heavy atom. The van der Waals surface area contributed by atoms with Gasteiger partial charge in [0.1, 0.15) is 11.7 Å². The highest BCUT2D eigenvalue weighted by Gasteiger charge is 2.55. The zero-order chi connectivity index (χ0) is 21.8. The first-order valence-electron chi connectivity index (χ1n) is 10.2. The number of nitrogens with zero attached hydrogens (tertiary/aromatic N) is 3. The summed E-state index contributed by atoms with van der Waals surface area (Å²) in [4.78, 5) is 44.3. The molecule has 2 aliphatic heterocycles. The number of rotatable bonds is 4. The Kier molecular flexibility index (Phi) is 4.32. The monoisotopic (exact) mass is 418 g/mol. The van der Waals surface area contributed by atoms with Crippen LogP contribution in [0.5, 0.6) is 5.75 Å². The Hall–Kier alpha value is -3.68. The van der Waals surface area contributed by atoms with Crippen LogP contribution in [0.3, 0.4) is 0 Å². The molecule has 3 heterocycles. The van der Waals surface area contributed by atoms with Gasteiger partial charge in [-0.15, -0.1) is 0 Å². The van der Waals surface area contributed by atoms with Crippen molar-refractivity contribution >= 4 is 22.7 Å². The Morgan fingerprint density at radius 1 is 1.16 bits per heavy atom. The molecule has 3 atom stereocenters. The van der Waals surface area contributed by atoms with Crippen molar-refractivity contribution < 1.29 is 14.3 Å². The number of hydrogen-bond acceptors (Lipinski definition) is 5. The number of carbonyl (C=O) groups is 2. The molecular formula is C23H22N4O4. The number of piperidine rings is 1. The maximum Gasteiger partial charge on any atom is 0.261 e. The van der Waals surface area contributed by atoms with Gasteiger partial charge in [-0.25, -0.2) is 4.98 Å². The third-order valence-corrected chi connectivity index (χ3v) is 6.35. The van der Waals surface area contributed by atoms with Gasteiger partial charge in [-0.1, -0.05) is 30.3 Å². The summed E-state index contributed by atoms with van der Waals surface area (Å²) in [6.45, 7) is 2.25. The summed E-state index contributed by atoms with van der Waals surface area (Å²) in [5.74, 6) is -1.67. The number of primary amides is 1. The van der Waals surface area contributed by atoms with E-state index < -0.39 is 17.6 Å².